The van der Waals surface area contributed by atoms with E-state index >= 15 is 0 Å². The van der Waals surface area contributed by atoms with Gasteiger partial charge in [-0.3, -0.25) is 4.79 Å². The molecule has 0 bridgehead atoms. The van der Waals surface area contributed by atoms with Crippen molar-refractivity contribution < 1.29 is 9.53 Å². The number of nitrogens with one attached hydrogen (secondary N) is 1. The Morgan fingerprint density at radius 3 is 2.00 bits per heavy atom. The highest BCUT2D eigenvalue weighted by atomic mass is 79.9. The summed E-state index contributed by atoms with van der Waals surface area (Å²) >= 11 is 3.58. The van der Waals surface area contributed by atoms with Gasteiger partial charge in [0.25, 0.3) is 5.91 Å². The average molecular weight is 446 g/mol. The van der Waals surface area contributed by atoms with Crippen molar-refractivity contribution in [3.63, 3.8) is 0 Å². The number of hydrogen-bond acceptors (Lipinski definition) is 2. The van der Waals surface area contributed by atoms with Crippen LogP contribution < -0.4 is 10.1 Å². The third-order valence-corrected chi connectivity index (χ3v) is 5.76. The zero-order valence-corrected chi connectivity index (χ0v) is 19.6. The monoisotopic (exact) mass is 445 g/mol. The summed E-state index contributed by atoms with van der Waals surface area (Å²) in [5, 5.41) is 3.11. The van der Waals surface area contributed by atoms with Crippen molar-refractivity contribution >= 4 is 27.5 Å². The van der Waals surface area contributed by atoms with Gasteiger partial charge in [-0.2, -0.15) is 0 Å². The van der Waals surface area contributed by atoms with Crippen molar-refractivity contribution in [2.75, 3.05) is 11.9 Å². The molecule has 2 aromatic carbocycles. The summed E-state index contributed by atoms with van der Waals surface area (Å²) in [6, 6.07) is 10.3. The van der Waals surface area contributed by atoms with Crippen LogP contribution >= 0.6 is 15.9 Å². The highest BCUT2D eigenvalue weighted by Gasteiger charge is 2.17. The van der Waals surface area contributed by atoms with Crippen LogP contribution in [0.3, 0.4) is 0 Å². The fourth-order valence-electron chi connectivity index (χ4n) is 3.26. The Bertz CT molecular complexity index is 814. The molecular formula is C24H32BrNO2. The lowest BCUT2D eigenvalue weighted by Gasteiger charge is -2.21. The van der Waals surface area contributed by atoms with Crippen LogP contribution in [0.4, 0.5) is 5.69 Å². The Morgan fingerprint density at radius 1 is 0.964 bits per heavy atom. The topological polar surface area (TPSA) is 38.3 Å². The number of carbonyl (C=O) groups excluding carboxylic acids is 1. The van der Waals surface area contributed by atoms with Crippen LogP contribution in [0, 0.1) is 6.92 Å². The number of hydrogen-bond donors (Lipinski definition) is 1. The van der Waals surface area contributed by atoms with Gasteiger partial charge in [-0.05, 0) is 59.1 Å². The molecule has 0 fully saturated rings. The summed E-state index contributed by atoms with van der Waals surface area (Å²) in [6.07, 6.45) is 0. The molecule has 0 heterocycles. The Kier molecular flexibility index (Phi) is 7.70. The molecule has 1 amide bonds. The Hall–Kier alpha value is -1.81. The first kappa shape index (κ1) is 22.5. The fourth-order valence-corrected chi connectivity index (χ4v) is 3.62. The third kappa shape index (κ3) is 5.38. The van der Waals surface area contributed by atoms with Gasteiger partial charge in [-0.1, -0.05) is 75.7 Å². The van der Waals surface area contributed by atoms with Crippen molar-refractivity contribution in [3.05, 3.63) is 57.1 Å². The highest BCUT2D eigenvalue weighted by Crippen LogP contribution is 2.34. The van der Waals surface area contributed by atoms with Crippen LogP contribution in [0.25, 0.3) is 0 Å². The summed E-state index contributed by atoms with van der Waals surface area (Å²) in [4.78, 5) is 12.7. The van der Waals surface area contributed by atoms with Crippen LogP contribution in [0.5, 0.6) is 5.75 Å². The first-order valence-corrected chi connectivity index (χ1v) is 10.8. The number of rotatable bonds is 7. The number of benzene rings is 2. The van der Waals surface area contributed by atoms with Gasteiger partial charge in [0.2, 0.25) is 0 Å². The van der Waals surface area contributed by atoms with Crippen LogP contribution in [0.1, 0.15) is 81.5 Å². The first-order chi connectivity index (χ1) is 13.1. The Morgan fingerprint density at radius 2 is 1.50 bits per heavy atom. The number of halogens is 1. The van der Waals surface area contributed by atoms with Gasteiger partial charge < -0.3 is 10.1 Å². The van der Waals surface area contributed by atoms with E-state index in [0.29, 0.717) is 17.8 Å². The van der Waals surface area contributed by atoms with E-state index in [1.807, 2.05) is 13.0 Å². The largest absolute Gasteiger partial charge is 0.483 e. The zero-order valence-electron chi connectivity index (χ0n) is 18.0. The van der Waals surface area contributed by atoms with Gasteiger partial charge in [-0.25, -0.2) is 0 Å². The zero-order chi connectivity index (χ0) is 21.0. The molecule has 152 valence electrons. The van der Waals surface area contributed by atoms with E-state index in [-0.39, 0.29) is 12.5 Å². The molecule has 0 aromatic heterocycles. The van der Waals surface area contributed by atoms with Gasteiger partial charge in [0.1, 0.15) is 5.75 Å². The van der Waals surface area contributed by atoms with E-state index in [0.717, 1.165) is 38.2 Å². The van der Waals surface area contributed by atoms with Gasteiger partial charge >= 0.3 is 0 Å². The van der Waals surface area contributed by atoms with Gasteiger partial charge in [0.05, 0.1) is 0 Å². The molecule has 0 aliphatic rings. The molecule has 2 aromatic rings. The van der Waals surface area contributed by atoms with Crippen molar-refractivity contribution in [1.29, 1.82) is 0 Å². The summed E-state index contributed by atoms with van der Waals surface area (Å²) in [6.45, 7) is 14.8. The predicted molar refractivity (Wildman–Crippen MR) is 122 cm³/mol. The predicted octanol–water partition coefficient (Wildman–Crippen LogP) is 7.15. The Balaban J connectivity index is 2.22. The number of aryl methyl sites for hydroxylation is 1. The average Bonchev–Trinajstić information content (AvgIpc) is 2.61. The lowest BCUT2D eigenvalue weighted by atomic mass is 9.92. The van der Waals surface area contributed by atoms with E-state index in [2.05, 4.69) is 87.1 Å². The maximum absolute atomic E-state index is 12.7. The second kappa shape index (κ2) is 9.60. The third-order valence-electron chi connectivity index (χ3n) is 4.91. The molecule has 0 atom stereocenters. The minimum absolute atomic E-state index is 0.00917. The molecule has 0 saturated heterocycles. The summed E-state index contributed by atoms with van der Waals surface area (Å²) in [5.41, 5.74) is 5.42. The number of carbonyl (C=O) groups is 1. The molecule has 2 rings (SSSR count). The van der Waals surface area contributed by atoms with Crippen molar-refractivity contribution in [2.45, 2.75) is 66.2 Å². The minimum atomic E-state index is -0.134. The Labute approximate surface area is 178 Å². The SMILES string of the molecule is Cc1cc(OCC(=O)Nc2c(C(C)C)cccc2C(C)C)c(C(C)C)cc1Br. The van der Waals surface area contributed by atoms with Crippen LogP contribution in [-0.2, 0) is 4.79 Å². The normalized spacial score (nSPS) is 11.4. The highest BCUT2D eigenvalue weighted by molar-refractivity contribution is 9.10. The molecule has 0 unspecified atom stereocenters. The van der Waals surface area contributed by atoms with Gasteiger partial charge in [0.15, 0.2) is 6.61 Å². The van der Waals surface area contributed by atoms with E-state index in [9.17, 15) is 4.79 Å². The quantitative estimate of drug-likeness (QED) is 0.491. The second-order valence-corrected chi connectivity index (χ2v) is 9.11. The van der Waals surface area contributed by atoms with Crippen molar-refractivity contribution in [2.24, 2.45) is 0 Å². The fraction of sp³-hybridized carbons (Fsp3) is 0.458. The van der Waals surface area contributed by atoms with E-state index in [4.69, 9.17) is 4.74 Å². The van der Waals surface area contributed by atoms with E-state index in [1.165, 1.54) is 0 Å². The summed E-state index contributed by atoms with van der Waals surface area (Å²) in [7, 11) is 0. The molecule has 4 heteroatoms. The van der Waals surface area contributed by atoms with E-state index in [1.54, 1.807) is 0 Å². The second-order valence-electron chi connectivity index (χ2n) is 8.25. The van der Waals surface area contributed by atoms with Crippen molar-refractivity contribution in [3.8, 4) is 5.75 Å². The number of amides is 1. The summed E-state index contributed by atoms with van der Waals surface area (Å²) < 4.78 is 6.99. The number of ether oxygens (including phenoxy) is 1. The summed E-state index contributed by atoms with van der Waals surface area (Å²) in [5.74, 6) is 1.61. The van der Waals surface area contributed by atoms with Crippen molar-refractivity contribution in [1.82, 2.24) is 0 Å². The van der Waals surface area contributed by atoms with Crippen LogP contribution in [-0.4, -0.2) is 12.5 Å². The molecule has 0 saturated carbocycles. The lowest BCUT2D eigenvalue weighted by Crippen LogP contribution is -2.22. The van der Waals surface area contributed by atoms with Gasteiger partial charge in [-0.15, -0.1) is 0 Å². The molecule has 3 nitrogen and oxygen atoms in total. The van der Waals surface area contributed by atoms with Crippen LogP contribution in [0.15, 0.2) is 34.8 Å². The molecule has 0 radical (unpaired) electrons. The molecule has 0 aliphatic heterocycles. The molecule has 1 N–H and O–H groups in total. The lowest BCUT2D eigenvalue weighted by molar-refractivity contribution is -0.118. The van der Waals surface area contributed by atoms with Gasteiger partial charge in [0, 0.05) is 10.2 Å². The standard InChI is InChI=1S/C24H32BrNO2/c1-14(2)18-9-8-10-19(15(3)4)24(18)26-23(27)13-28-22-11-17(7)21(25)12-20(22)16(5)6/h8-12,14-16H,13H2,1-7H3,(H,26,27). The number of para-hydroxylation sites is 1. The smallest absolute Gasteiger partial charge is 0.262 e. The maximum Gasteiger partial charge on any atom is 0.262 e. The molecule has 28 heavy (non-hydrogen) atoms. The first-order valence-electron chi connectivity index (χ1n) is 9.97. The molecule has 0 spiro atoms. The van der Waals surface area contributed by atoms with Crippen LogP contribution in [0.2, 0.25) is 0 Å². The maximum atomic E-state index is 12.7. The van der Waals surface area contributed by atoms with E-state index < -0.39 is 0 Å². The number of anilines is 1. The molecular weight excluding hydrogens is 414 g/mol. The molecule has 0 aliphatic carbocycles. The minimum Gasteiger partial charge on any atom is -0.483 e.